The Kier molecular flexibility index (Phi) is 6.52. The van der Waals surface area contributed by atoms with Crippen LogP contribution < -0.4 is 11.1 Å². The molecular weight excluding hydrogens is 190 g/mol. The standard InChI is InChI=1S/C11H25N3O/c1-8(2)10(12)11(15)13-9(3)6-7-14(4)5/h8-10H,6-7,12H2,1-5H3,(H,13,15)/t9?,10-/m0/s1. The number of amides is 1. The van der Waals surface area contributed by atoms with Crippen LogP contribution in [0.3, 0.4) is 0 Å². The third kappa shape index (κ3) is 6.47. The van der Waals surface area contributed by atoms with Gasteiger partial charge in [-0.05, 0) is 39.9 Å². The van der Waals surface area contributed by atoms with Crippen LogP contribution in [0.15, 0.2) is 0 Å². The van der Waals surface area contributed by atoms with E-state index in [2.05, 4.69) is 10.2 Å². The molecule has 0 radical (unpaired) electrons. The zero-order chi connectivity index (χ0) is 12.0. The van der Waals surface area contributed by atoms with E-state index in [1.165, 1.54) is 0 Å². The first-order chi connectivity index (χ1) is 6.84. The molecular formula is C11H25N3O. The second-order valence-corrected chi connectivity index (χ2v) is 4.77. The molecule has 0 bridgehead atoms. The molecule has 1 unspecified atom stereocenters. The van der Waals surface area contributed by atoms with E-state index in [1.54, 1.807) is 0 Å². The van der Waals surface area contributed by atoms with Gasteiger partial charge >= 0.3 is 0 Å². The summed E-state index contributed by atoms with van der Waals surface area (Å²) in [6.45, 7) is 6.89. The molecule has 3 N–H and O–H groups in total. The Morgan fingerprint density at radius 1 is 1.33 bits per heavy atom. The predicted octanol–water partition coefficient (Wildman–Crippen LogP) is 0.426. The number of nitrogens with one attached hydrogen (secondary N) is 1. The van der Waals surface area contributed by atoms with Crippen LogP contribution in [0.4, 0.5) is 0 Å². The number of carbonyl (C=O) groups is 1. The number of rotatable bonds is 6. The lowest BCUT2D eigenvalue weighted by Gasteiger charge is -2.20. The zero-order valence-corrected chi connectivity index (χ0v) is 10.6. The summed E-state index contributed by atoms with van der Waals surface area (Å²) >= 11 is 0. The smallest absolute Gasteiger partial charge is 0.237 e. The lowest BCUT2D eigenvalue weighted by molar-refractivity contribution is -0.123. The van der Waals surface area contributed by atoms with Crippen LogP contribution in [0.2, 0.25) is 0 Å². The largest absolute Gasteiger partial charge is 0.352 e. The van der Waals surface area contributed by atoms with Gasteiger partial charge in [0.1, 0.15) is 0 Å². The summed E-state index contributed by atoms with van der Waals surface area (Å²) < 4.78 is 0. The van der Waals surface area contributed by atoms with Gasteiger partial charge in [-0.2, -0.15) is 0 Å². The molecule has 0 spiro atoms. The molecule has 0 saturated heterocycles. The second-order valence-electron chi connectivity index (χ2n) is 4.77. The predicted molar refractivity (Wildman–Crippen MR) is 63.6 cm³/mol. The van der Waals surface area contributed by atoms with Crippen molar-refractivity contribution in [3.63, 3.8) is 0 Å². The van der Waals surface area contributed by atoms with Crippen molar-refractivity contribution in [3.8, 4) is 0 Å². The van der Waals surface area contributed by atoms with E-state index in [9.17, 15) is 4.79 Å². The molecule has 0 saturated carbocycles. The lowest BCUT2D eigenvalue weighted by Crippen LogP contribution is -2.47. The molecule has 4 heteroatoms. The molecule has 2 atom stereocenters. The van der Waals surface area contributed by atoms with Crippen LogP contribution in [0, 0.1) is 5.92 Å². The number of nitrogens with zero attached hydrogens (tertiary/aromatic N) is 1. The van der Waals surface area contributed by atoms with E-state index in [0.717, 1.165) is 13.0 Å². The highest BCUT2D eigenvalue weighted by molar-refractivity contribution is 5.81. The minimum absolute atomic E-state index is 0.0451. The summed E-state index contributed by atoms with van der Waals surface area (Å²) in [7, 11) is 4.04. The average molecular weight is 215 g/mol. The Balaban J connectivity index is 3.85. The molecule has 0 fully saturated rings. The third-order valence-corrected chi connectivity index (χ3v) is 2.42. The molecule has 4 nitrogen and oxygen atoms in total. The maximum atomic E-state index is 11.6. The maximum Gasteiger partial charge on any atom is 0.237 e. The first-order valence-electron chi connectivity index (χ1n) is 5.55. The summed E-state index contributed by atoms with van der Waals surface area (Å²) in [6, 6.07) is -0.212. The van der Waals surface area contributed by atoms with E-state index in [4.69, 9.17) is 5.73 Å². The summed E-state index contributed by atoms with van der Waals surface area (Å²) in [5.41, 5.74) is 5.74. The minimum Gasteiger partial charge on any atom is -0.352 e. The van der Waals surface area contributed by atoms with Crippen molar-refractivity contribution in [3.05, 3.63) is 0 Å². The number of hydrogen-bond acceptors (Lipinski definition) is 3. The summed E-state index contributed by atoms with van der Waals surface area (Å²) in [4.78, 5) is 13.7. The summed E-state index contributed by atoms with van der Waals surface area (Å²) in [5, 5.41) is 2.93. The van der Waals surface area contributed by atoms with Crippen molar-refractivity contribution in [2.75, 3.05) is 20.6 Å². The number of hydrogen-bond donors (Lipinski definition) is 2. The number of carbonyl (C=O) groups excluding carboxylic acids is 1. The van der Waals surface area contributed by atoms with Crippen LogP contribution in [-0.2, 0) is 4.79 Å². The highest BCUT2D eigenvalue weighted by Gasteiger charge is 2.18. The number of nitrogens with two attached hydrogens (primary N) is 1. The van der Waals surface area contributed by atoms with Gasteiger partial charge in [-0.25, -0.2) is 0 Å². The maximum absolute atomic E-state index is 11.6. The van der Waals surface area contributed by atoms with Gasteiger partial charge in [0.05, 0.1) is 6.04 Å². The first-order valence-corrected chi connectivity index (χ1v) is 5.55. The Labute approximate surface area is 93.2 Å². The fraction of sp³-hybridized carbons (Fsp3) is 0.909. The van der Waals surface area contributed by atoms with Crippen molar-refractivity contribution in [1.82, 2.24) is 10.2 Å². The van der Waals surface area contributed by atoms with Gasteiger partial charge in [-0.1, -0.05) is 13.8 Å². The third-order valence-electron chi connectivity index (χ3n) is 2.42. The molecule has 0 aromatic carbocycles. The van der Waals surface area contributed by atoms with E-state index in [0.29, 0.717) is 0 Å². The van der Waals surface area contributed by atoms with Gasteiger partial charge in [-0.15, -0.1) is 0 Å². The van der Waals surface area contributed by atoms with Gasteiger partial charge in [-0.3, -0.25) is 4.79 Å². The second kappa shape index (κ2) is 6.80. The van der Waals surface area contributed by atoms with Crippen LogP contribution in [-0.4, -0.2) is 43.5 Å². The van der Waals surface area contributed by atoms with Crippen LogP contribution >= 0.6 is 0 Å². The van der Waals surface area contributed by atoms with Crippen molar-refractivity contribution in [2.24, 2.45) is 11.7 Å². The molecule has 0 aliphatic rings. The molecule has 0 rings (SSSR count). The van der Waals surface area contributed by atoms with Crippen molar-refractivity contribution in [1.29, 1.82) is 0 Å². The Morgan fingerprint density at radius 3 is 2.27 bits per heavy atom. The van der Waals surface area contributed by atoms with E-state index in [-0.39, 0.29) is 17.9 Å². The van der Waals surface area contributed by atoms with Crippen LogP contribution in [0.25, 0.3) is 0 Å². The van der Waals surface area contributed by atoms with Gasteiger partial charge in [0, 0.05) is 6.04 Å². The average Bonchev–Trinajstić information content (AvgIpc) is 2.13. The van der Waals surface area contributed by atoms with E-state index >= 15 is 0 Å². The normalized spacial score (nSPS) is 15.5. The quantitative estimate of drug-likeness (QED) is 0.675. The van der Waals surface area contributed by atoms with Gasteiger partial charge < -0.3 is 16.0 Å². The minimum atomic E-state index is -0.396. The molecule has 0 aliphatic carbocycles. The lowest BCUT2D eigenvalue weighted by atomic mass is 10.0. The SMILES string of the molecule is CC(CCN(C)C)NC(=O)[C@@H](N)C(C)C. The molecule has 90 valence electrons. The Bertz CT molecular complexity index is 192. The highest BCUT2D eigenvalue weighted by atomic mass is 16.2. The fourth-order valence-electron chi connectivity index (χ4n) is 1.17. The zero-order valence-electron chi connectivity index (χ0n) is 10.6. The highest BCUT2D eigenvalue weighted by Crippen LogP contribution is 2.00. The van der Waals surface area contributed by atoms with Gasteiger partial charge in [0.2, 0.25) is 5.91 Å². The summed E-state index contributed by atoms with van der Waals surface area (Å²) in [5.74, 6) is 0.141. The molecule has 1 amide bonds. The fourth-order valence-corrected chi connectivity index (χ4v) is 1.17. The molecule has 0 aromatic heterocycles. The van der Waals surface area contributed by atoms with Crippen molar-refractivity contribution >= 4 is 5.91 Å². The monoisotopic (exact) mass is 215 g/mol. The topological polar surface area (TPSA) is 58.4 Å². The molecule has 0 aliphatic heterocycles. The van der Waals surface area contributed by atoms with Crippen LogP contribution in [0.1, 0.15) is 27.2 Å². The Hall–Kier alpha value is -0.610. The van der Waals surface area contributed by atoms with E-state index in [1.807, 2.05) is 34.9 Å². The van der Waals surface area contributed by atoms with Gasteiger partial charge in [0.25, 0.3) is 0 Å². The first kappa shape index (κ1) is 14.4. The van der Waals surface area contributed by atoms with Crippen molar-refractivity contribution < 1.29 is 4.79 Å². The molecule has 0 heterocycles. The Morgan fingerprint density at radius 2 is 1.87 bits per heavy atom. The van der Waals surface area contributed by atoms with E-state index < -0.39 is 6.04 Å². The van der Waals surface area contributed by atoms with Crippen molar-refractivity contribution in [2.45, 2.75) is 39.3 Å². The van der Waals surface area contributed by atoms with Gasteiger partial charge in [0.15, 0.2) is 0 Å². The van der Waals surface area contributed by atoms with Crippen LogP contribution in [0.5, 0.6) is 0 Å². The summed E-state index contributed by atoms with van der Waals surface area (Å²) in [6.07, 6.45) is 0.948. The molecule has 15 heavy (non-hydrogen) atoms. The molecule has 0 aromatic rings.